The summed E-state index contributed by atoms with van der Waals surface area (Å²) in [5.41, 5.74) is 4.33. The van der Waals surface area contributed by atoms with E-state index in [1.54, 1.807) is 10.9 Å². The van der Waals surface area contributed by atoms with Crippen molar-refractivity contribution in [2.45, 2.75) is 45.6 Å². The second-order valence-corrected chi connectivity index (χ2v) is 12.8. The summed E-state index contributed by atoms with van der Waals surface area (Å²) in [5, 5.41) is 12.7. The predicted octanol–water partition coefficient (Wildman–Crippen LogP) is 6.99. The maximum atomic E-state index is 13.4. The number of nitrogens with one attached hydrogen (secondary N) is 2. The standard InChI is InChI=1S/C37H42N6O3/c1-26-14-15-28(24-38-26)43-35(23-34(41-43)37(2,3)4)40-36(44)39-32-16-17-33(31-13-9-8-12-30(31)32)46-21-19-42-18-20-45-29(25-42)22-27-10-6-5-7-11-27/h5-17,23-24,29H,18-22,25H2,1-4H3,(H2,39,40,44). The van der Waals surface area contributed by atoms with Crippen LogP contribution in [-0.2, 0) is 16.6 Å². The summed E-state index contributed by atoms with van der Waals surface area (Å²) >= 11 is 0. The molecule has 0 radical (unpaired) electrons. The Morgan fingerprint density at radius 1 is 0.978 bits per heavy atom. The second-order valence-electron chi connectivity index (χ2n) is 12.8. The molecular formula is C37H42N6O3. The normalized spacial score (nSPS) is 15.5. The molecule has 3 aromatic carbocycles. The number of anilines is 2. The van der Waals surface area contributed by atoms with Gasteiger partial charge in [0.2, 0.25) is 0 Å². The van der Waals surface area contributed by atoms with Crippen molar-refractivity contribution in [2.75, 3.05) is 43.5 Å². The fourth-order valence-electron chi connectivity index (χ4n) is 5.66. The summed E-state index contributed by atoms with van der Waals surface area (Å²) in [6.07, 6.45) is 2.85. The first-order valence-corrected chi connectivity index (χ1v) is 15.9. The van der Waals surface area contributed by atoms with Gasteiger partial charge in [0, 0.05) is 47.6 Å². The van der Waals surface area contributed by atoms with E-state index < -0.39 is 0 Å². The van der Waals surface area contributed by atoms with E-state index in [4.69, 9.17) is 14.6 Å². The van der Waals surface area contributed by atoms with E-state index in [0.717, 1.165) is 66.3 Å². The Morgan fingerprint density at radius 2 is 1.76 bits per heavy atom. The molecule has 6 rings (SSSR count). The van der Waals surface area contributed by atoms with Gasteiger partial charge in [-0.15, -0.1) is 0 Å². The smallest absolute Gasteiger partial charge is 0.324 e. The molecule has 2 amide bonds. The zero-order chi connectivity index (χ0) is 32.1. The van der Waals surface area contributed by atoms with Crippen LogP contribution in [0.3, 0.4) is 0 Å². The van der Waals surface area contributed by atoms with Crippen LogP contribution in [0, 0.1) is 6.92 Å². The zero-order valence-electron chi connectivity index (χ0n) is 27.0. The molecule has 2 N–H and O–H groups in total. The van der Waals surface area contributed by atoms with Crippen LogP contribution in [-0.4, -0.2) is 64.6 Å². The molecule has 1 atom stereocenters. The highest BCUT2D eigenvalue weighted by molar-refractivity contribution is 6.07. The molecule has 0 bridgehead atoms. The lowest BCUT2D eigenvalue weighted by molar-refractivity contribution is -0.0304. The first-order valence-electron chi connectivity index (χ1n) is 15.9. The number of aromatic nitrogens is 3. The van der Waals surface area contributed by atoms with Crippen molar-refractivity contribution in [3.05, 3.63) is 108 Å². The van der Waals surface area contributed by atoms with Crippen LogP contribution in [0.4, 0.5) is 16.3 Å². The maximum absolute atomic E-state index is 13.4. The number of carbonyl (C=O) groups excluding carboxylic acids is 1. The van der Waals surface area contributed by atoms with Crippen LogP contribution in [0.1, 0.15) is 37.7 Å². The van der Waals surface area contributed by atoms with Gasteiger partial charge in [-0.2, -0.15) is 5.10 Å². The van der Waals surface area contributed by atoms with Gasteiger partial charge in [-0.25, -0.2) is 9.48 Å². The molecule has 1 unspecified atom stereocenters. The lowest BCUT2D eigenvalue weighted by Gasteiger charge is -2.33. The van der Waals surface area contributed by atoms with Gasteiger partial charge < -0.3 is 14.8 Å². The largest absolute Gasteiger partial charge is 0.492 e. The fourth-order valence-corrected chi connectivity index (χ4v) is 5.66. The van der Waals surface area contributed by atoms with Crippen molar-refractivity contribution < 1.29 is 14.3 Å². The third-order valence-corrected chi connectivity index (χ3v) is 8.19. The third kappa shape index (κ3) is 7.55. The quantitative estimate of drug-likeness (QED) is 0.185. The fraction of sp³-hybridized carbons (Fsp3) is 0.324. The van der Waals surface area contributed by atoms with Gasteiger partial charge in [0.25, 0.3) is 0 Å². The number of carbonyl (C=O) groups is 1. The number of morpholine rings is 1. The van der Waals surface area contributed by atoms with Crippen LogP contribution in [0.25, 0.3) is 16.5 Å². The molecule has 0 saturated carbocycles. The highest BCUT2D eigenvalue weighted by atomic mass is 16.5. The lowest BCUT2D eigenvalue weighted by atomic mass is 9.92. The molecule has 9 nitrogen and oxygen atoms in total. The van der Waals surface area contributed by atoms with E-state index >= 15 is 0 Å². The number of urea groups is 1. The molecule has 238 valence electrons. The first-order chi connectivity index (χ1) is 22.2. The molecular weight excluding hydrogens is 576 g/mol. The number of ether oxygens (including phenoxy) is 2. The van der Waals surface area contributed by atoms with Crippen LogP contribution < -0.4 is 15.4 Å². The van der Waals surface area contributed by atoms with E-state index in [1.807, 2.05) is 67.6 Å². The van der Waals surface area contributed by atoms with E-state index in [9.17, 15) is 4.79 Å². The average molecular weight is 619 g/mol. The molecule has 0 aliphatic carbocycles. The number of pyridine rings is 1. The highest BCUT2D eigenvalue weighted by Gasteiger charge is 2.23. The summed E-state index contributed by atoms with van der Waals surface area (Å²) in [7, 11) is 0. The second kappa shape index (κ2) is 13.7. The molecule has 1 aliphatic heterocycles. The Labute approximate surface area is 270 Å². The first kappa shape index (κ1) is 31.3. The van der Waals surface area contributed by atoms with Gasteiger partial charge in [-0.3, -0.25) is 15.2 Å². The number of nitrogens with zero attached hydrogens (tertiary/aromatic N) is 4. The number of hydrogen-bond acceptors (Lipinski definition) is 6. The van der Waals surface area contributed by atoms with E-state index in [2.05, 4.69) is 65.6 Å². The number of benzene rings is 3. The topological polar surface area (TPSA) is 93.5 Å². The van der Waals surface area contributed by atoms with E-state index in [-0.39, 0.29) is 17.6 Å². The van der Waals surface area contributed by atoms with Gasteiger partial charge in [0.15, 0.2) is 0 Å². The number of rotatable bonds is 9. The summed E-state index contributed by atoms with van der Waals surface area (Å²) < 4.78 is 14.1. The zero-order valence-corrected chi connectivity index (χ0v) is 27.0. The van der Waals surface area contributed by atoms with Crippen molar-refractivity contribution >= 4 is 28.3 Å². The number of aryl methyl sites for hydroxylation is 1. The number of hydrogen-bond donors (Lipinski definition) is 2. The minimum atomic E-state index is -0.363. The van der Waals surface area contributed by atoms with Crippen molar-refractivity contribution in [1.29, 1.82) is 0 Å². The minimum Gasteiger partial charge on any atom is -0.492 e. The molecule has 1 saturated heterocycles. The van der Waals surface area contributed by atoms with Crippen LogP contribution in [0.2, 0.25) is 0 Å². The Bertz CT molecular complexity index is 1780. The summed E-state index contributed by atoms with van der Waals surface area (Å²) in [4.78, 5) is 20.2. The van der Waals surface area contributed by atoms with Crippen LogP contribution in [0.5, 0.6) is 5.75 Å². The Hall–Kier alpha value is -4.73. The lowest BCUT2D eigenvalue weighted by Crippen LogP contribution is -2.44. The molecule has 9 heteroatoms. The van der Waals surface area contributed by atoms with Crippen LogP contribution in [0.15, 0.2) is 91.1 Å². The van der Waals surface area contributed by atoms with E-state index in [0.29, 0.717) is 18.1 Å². The van der Waals surface area contributed by atoms with Gasteiger partial charge in [-0.1, -0.05) is 75.4 Å². The molecule has 46 heavy (non-hydrogen) atoms. The Morgan fingerprint density at radius 3 is 2.52 bits per heavy atom. The van der Waals surface area contributed by atoms with Crippen molar-refractivity contribution in [3.63, 3.8) is 0 Å². The maximum Gasteiger partial charge on any atom is 0.324 e. The molecule has 2 aromatic heterocycles. The molecule has 3 heterocycles. The number of amides is 2. The van der Waals surface area contributed by atoms with Crippen LogP contribution >= 0.6 is 0 Å². The average Bonchev–Trinajstić information content (AvgIpc) is 3.47. The predicted molar refractivity (Wildman–Crippen MR) is 183 cm³/mol. The van der Waals surface area contributed by atoms with Crippen molar-refractivity contribution in [3.8, 4) is 11.4 Å². The van der Waals surface area contributed by atoms with Crippen molar-refractivity contribution in [1.82, 2.24) is 19.7 Å². The van der Waals surface area contributed by atoms with Gasteiger partial charge >= 0.3 is 6.03 Å². The molecule has 1 fully saturated rings. The van der Waals surface area contributed by atoms with Gasteiger partial charge in [0.1, 0.15) is 18.2 Å². The summed E-state index contributed by atoms with van der Waals surface area (Å²) in [5.74, 6) is 1.35. The minimum absolute atomic E-state index is 0.181. The third-order valence-electron chi connectivity index (χ3n) is 8.19. The Kier molecular flexibility index (Phi) is 9.33. The van der Waals surface area contributed by atoms with Crippen molar-refractivity contribution in [2.24, 2.45) is 0 Å². The monoisotopic (exact) mass is 618 g/mol. The Balaban J connectivity index is 1.11. The number of fused-ring (bicyclic) bond motifs is 1. The molecule has 0 spiro atoms. The van der Waals surface area contributed by atoms with Gasteiger partial charge in [-0.05, 0) is 43.2 Å². The van der Waals surface area contributed by atoms with Gasteiger partial charge in [0.05, 0.1) is 36.0 Å². The summed E-state index contributed by atoms with van der Waals surface area (Å²) in [6, 6.07) is 27.7. The molecule has 1 aliphatic rings. The van der Waals surface area contributed by atoms with E-state index in [1.165, 1.54) is 5.56 Å². The SMILES string of the molecule is Cc1ccc(-n2nc(C(C)(C)C)cc2NC(=O)Nc2ccc(OCCN3CCOC(Cc4ccccc4)C3)c3ccccc23)cn1. The summed E-state index contributed by atoms with van der Waals surface area (Å²) in [6.45, 7) is 12.1. The molecule has 5 aromatic rings. The highest BCUT2D eigenvalue weighted by Crippen LogP contribution is 2.32.